The number of likely N-dealkylation sites (N-methyl/N-ethyl adjacent to an activating group) is 1. The number of fused-ring (bicyclic) bond motifs is 1. The molecule has 4 heteroatoms. The maximum Gasteiger partial charge on any atom is 0.168 e. The molecule has 1 atom stereocenters. The van der Waals surface area contributed by atoms with Crippen LogP contribution in [0.2, 0.25) is 0 Å². The van der Waals surface area contributed by atoms with E-state index in [4.69, 9.17) is 14.2 Å². The normalized spacial score (nSPS) is 16.0. The highest BCUT2D eigenvalue weighted by atomic mass is 16.5. The van der Waals surface area contributed by atoms with Gasteiger partial charge in [0.2, 0.25) is 0 Å². The standard InChI is InChI=1S/C20H25NO3/c1-5-21(6-2)18-13-14-9-7-10-15(19(14)24-18)16-11-8-12-17(22-3)20(16)23-4/h7-12,18H,5-6,13H2,1-4H3. The molecule has 1 heterocycles. The van der Waals surface area contributed by atoms with E-state index in [2.05, 4.69) is 36.9 Å². The summed E-state index contributed by atoms with van der Waals surface area (Å²) in [6.45, 7) is 6.30. The average Bonchev–Trinajstić information content (AvgIpc) is 3.05. The molecule has 3 rings (SSSR count). The molecule has 4 nitrogen and oxygen atoms in total. The highest BCUT2D eigenvalue weighted by Crippen LogP contribution is 2.45. The molecule has 128 valence electrons. The van der Waals surface area contributed by atoms with Crippen molar-refractivity contribution >= 4 is 0 Å². The molecule has 2 aromatic rings. The van der Waals surface area contributed by atoms with E-state index in [9.17, 15) is 0 Å². The highest BCUT2D eigenvalue weighted by molar-refractivity contribution is 5.80. The Labute approximate surface area is 144 Å². The Hall–Kier alpha value is -2.20. The van der Waals surface area contributed by atoms with Crippen LogP contribution in [-0.4, -0.2) is 38.4 Å². The van der Waals surface area contributed by atoms with Gasteiger partial charge in [0, 0.05) is 17.5 Å². The summed E-state index contributed by atoms with van der Waals surface area (Å²) < 4.78 is 17.4. The van der Waals surface area contributed by atoms with E-state index in [0.717, 1.165) is 47.9 Å². The minimum Gasteiger partial charge on any atom is -0.493 e. The Bertz CT molecular complexity index is 710. The zero-order valence-corrected chi connectivity index (χ0v) is 14.8. The fraction of sp³-hybridized carbons (Fsp3) is 0.400. The number of methoxy groups -OCH3 is 2. The van der Waals surface area contributed by atoms with Gasteiger partial charge in [0.25, 0.3) is 0 Å². The Morgan fingerprint density at radius 1 is 1.00 bits per heavy atom. The quantitative estimate of drug-likeness (QED) is 0.803. The third-order valence-corrected chi connectivity index (χ3v) is 4.66. The maximum atomic E-state index is 6.34. The van der Waals surface area contributed by atoms with Crippen molar-refractivity contribution in [3.05, 3.63) is 42.0 Å². The summed E-state index contributed by atoms with van der Waals surface area (Å²) >= 11 is 0. The van der Waals surface area contributed by atoms with E-state index in [0.29, 0.717) is 0 Å². The van der Waals surface area contributed by atoms with Gasteiger partial charge in [0.1, 0.15) is 5.75 Å². The number of rotatable bonds is 6. The molecule has 0 bridgehead atoms. The Kier molecular flexibility index (Phi) is 4.95. The van der Waals surface area contributed by atoms with Crippen molar-refractivity contribution < 1.29 is 14.2 Å². The summed E-state index contributed by atoms with van der Waals surface area (Å²) in [6, 6.07) is 12.2. The molecule has 1 aliphatic heterocycles. The van der Waals surface area contributed by atoms with Gasteiger partial charge in [0.15, 0.2) is 17.7 Å². The van der Waals surface area contributed by atoms with Crippen LogP contribution in [0, 0.1) is 0 Å². The van der Waals surface area contributed by atoms with E-state index in [1.807, 2.05) is 18.2 Å². The molecule has 1 aliphatic rings. The first-order valence-electron chi connectivity index (χ1n) is 8.47. The zero-order valence-electron chi connectivity index (χ0n) is 14.8. The third-order valence-electron chi connectivity index (χ3n) is 4.66. The first-order chi connectivity index (χ1) is 11.7. The van der Waals surface area contributed by atoms with Crippen LogP contribution in [0.3, 0.4) is 0 Å². The maximum absolute atomic E-state index is 6.34. The van der Waals surface area contributed by atoms with Gasteiger partial charge in [-0.2, -0.15) is 0 Å². The summed E-state index contributed by atoms with van der Waals surface area (Å²) in [5, 5.41) is 0. The number of hydrogen-bond acceptors (Lipinski definition) is 4. The van der Waals surface area contributed by atoms with Crippen molar-refractivity contribution in [1.29, 1.82) is 0 Å². The van der Waals surface area contributed by atoms with Crippen LogP contribution < -0.4 is 14.2 Å². The molecular formula is C20H25NO3. The fourth-order valence-electron chi connectivity index (χ4n) is 3.40. The molecule has 0 aliphatic carbocycles. The topological polar surface area (TPSA) is 30.9 Å². The third kappa shape index (κ3) is 2.82. The van der Waals surface area contributed by atoms with E-state index in [1.54, 1.807) is 14.2 Å². The lowest BCUT2D eigenvalue weighted by molar-refractivity contribution is 0.0518. The summed E-state index contributed by atoms with van der Waals surface area (Å²) in [7, 11) is 3.33. The summed E-state index contributed by atoms with van der Waals surface area (Å²) in [6.07, 6.45) is 1.02. The van der Waals surface area contributed by atoms with E-state index >= 15 is 0 Å². The van der Waals surface area contributed by atoms with Crippen molar-refractivity contribution in [3.8, 4) is 28.4 Å². The van der Waals surface area contributed by atoms with Crippen molar-refractivity contribution in [1.82, 2.24) is 4.90 Å². The first kappa shape index (κ1) is 16.7. The number of ether oxygens (including phenoxy) is 3. The van der Waals surface area contributed by atoms with Crippen LogP contribution in [0.1, 0.15) is 19.4 Å². The fourth-order valence-corrected chi connectivity index (χ4v) is 3.40. The second-order valence-electron chi connectivity index (χ2n) is 5.83. The first-order valence-corrected chi connectivity index (χ1v) is 8.47. The molecule has 0 amide bonds. The Balaban J connectivity index is 2.04. The molecule has 0 spiro atoms. The van der Waals surface area contributed by atoms with Crippen molar-refractivity contribution in [2.45, 2.75) is 26.5 Å². The monoisotopic (exact) mass is 327 g/mol. The largest absolute Gasteiger partial charge is 0.493 e. The summed E-state index contributed by atoms with van der Waals surface area (Å²) in [5.74, 6) is 2.43. The van der Waals surface area contributed by atoms with E-state index in [-0.39, 0.29) is 6.23 Å². The molecule has 2 aromatic carbocycles. The van der Waals surface area contributed by atoms with Gasteiger partial charge in [-0.15, -0.1) is 0 Å². The predicted octanol–water partition coefficient (Wildman–Crippen LogP) is 3.97. The van der Waals surface area contributed by atoms with Crippen molar-refractivity contribution in [2.24, 2.45) is 0 Å². The number of para-hydroxylation sites is 2. The van der Waals surface area contributed by atoms with Gasteiger partial charge in [-0.05, 0) is 24.7 Å². The molecule has 0 radical (unpaired) electrons. The van der Waals surface area contributed by atoms with Gasteiger partial charge in [-0.25, -0.2) is 0 Å². The van der Waals surface area contributed by atoms with Crippen molar-refractivity contribution in [2.75, 3.05) is 27.3 Å². The minimum atomic E-state index is 0.104. The molecule has 0 fully saturated rings. The van der Waals surface area contributed by atoms with Crippen LogP contribution in [0.5, 0.6) is 17.2 Å². The molecule has 24 heavy (non-hydrogen) atoms. The molecular weight excluding hydrogens is 302 g/mol. The smallest absolute Gasteiger partial charge is 0.168 e. The van der Waals surface area contributed by atoms with Crippen LogP contribution >= 0.6 is 0 Å². The van der Waals surface area contributed by atoms with Crippen LogP contribution in [0.4, 0.5) is 0 Å². The van der Waals surface area contributed by atoms with Gasteiger partial charge >= 0.3 is 0 Å². The average molecular weight is 327 g/mol. The summed E-state index contributed by atoms with van der Waals surface area (Å²) in [5.41, 5.74) is 3.29. The second kappa shape index (κ2) is 7.14. The minimum absolute atomic E-state index is 0.104. The lowest BCUT2D eigenvalue weighted by Gasteiger charge is -2.25. The van der Waals surface area contributed by atoms with Crippen LogP contribution in [0.15, 0.2) is 36.4 Å². The lowest BCUT2D eigenvalue weighted by Crippen LogP contribution is -2.38. The highest BCUT2D eigenvalue weighted by Gasteiger charge is 2.29. The molecule has 0 saturated heterocycles. The van der Waals surface area contributed by atoms with E-state index < -0.39 is 0 Å². The Morgan fingerprint density at radius 3 is 2.38 bits per heavy atom. The van der Waals surface area contributed by atoms with Gasteiger partial charge < -0.3 is 14.2 Å². The zero-order chi connectivity index (χ0) is 17.1. The second-order valence-corrected chi connectivity index (χ2v) is 5.83. The van der Waals surface area contributed by atoms with Crippen molar-refractivity contribution in [3.63, 3.8) is 0 Å². The molecule has 1 unspecified atom stereocenters. The molecule has 0 aromatic heterocycles. The number of benzene rings is 2. The predicted molar refractivity (Wildman–Crippen MR) is 96.0 cm³/mol. The van der Waals surface area contributed by atoms with Gasteiger partial charge in [-0.3, -0.25) is 4.90 Å². The number of nitrogens with zero attached hydrogens (tertiary/aromatic N) is 1. The van der Waals surface area contributed by atoms with Gasteiger partial charge in [0.05, 0.1) is 14.2 Å². The van der Waals surface area contributed by atoms with Crippen LogP contribution in [0.25, 0.3) is 11.1 Å². The molecule has 0 saturated carbocycles. The summed E-state index contributed by atoms with van der Waals surface area (Å²) in [4.78, 5) is 2.34. The Morgan fingerprint density at radius 2 is 1.71 bits per heavy atom. The van der Waals surface area contributed by atoms with E-state index in [1.165, 1.54) is 5.56 Å². The van der Waals surface area contributed by atoms with Crippen LogP contribution in [-0.2, 0) is 6.42 Å². The van der Waals surface area contributed by atoms with Gasteiger partial charge in [-0.1, -0.05) is 44.2 Å². The number of hydrogen-bond donors (Lipinski definition) is 0. The molecule has 0 N–H and O–H groups in total. The lowest BCUT2D eigenvalue weighted by atomic mass is 10.00. The SMILES string of the molecule is CCN(CC)C1Cc2cccc(-c3cccc(OC)c3OC)c2O1.